The van der Waals surface area contributed by atoms with Crippen molar-refractivity contribution in [3.8, 4) is 0 Å². The molecule has 0 unspecified atom stereocenters. The largest absolute Gasteiger partial charge is 0.350 e. The first kappa shape index (κ1) is 18.6. The highest BCUT2D eigenvalue weighted by Crippen LogP contribution is 2.27. The van der Waals surface area contributed by atoms with Crippen LogP contribution in [-0.2, 0) is 14.8 Å². The Hall–Kier alpha value is -0.440. The molecule has 0 fully saturated rings. The Morgan fingerprint density at radius 2 is 1.86 bits per heavy atom. The van der Waals surface area contributed by atoms with Crippen LogP contribution in [0.15, 0.2) is 32.0 Å². The Morgan fingerprint density at radius 1 is 1.29 bits per heavy atom. The molecule has 0 spiro atoms. The van der Waals surface area contributed by atoms with Crippen LogP contribution in [-0.4, -0.2) is 37.8 Å². The van der Waals surface area contributed by atoms with Crippen molar-refractivity contribution in [1.29, 1.82) is 0 Å². The first-order valence-electron chi connectivity index (χ1n) is 6.16. The molecule has 0 saturated carbocycles. The predicted octanol–water partition coefficient (Wildman–Crippen LogP) is 2.75. The molecule has 1 rings (SSSR count). The van der Waals surface area contributed by atoms with E-state index in [-0.39, 0.29) is 17.3 Å². The number of nitrogens with zero attached hydrogens (tertiary/aromatic N) is 1. The van der Waals surface area contributed by atoms with E-state index >= 15 is 0 Å². The lowest BCUT2D eigenvalue weighted by molar-refractivity contribution is -0.122. The van der Waals surface area contributed by atoms with Crippen LogP contribution >= 0.6 is 31.9 Å². The molecule has 0 bridgehead atoms. The van der Waals surface area contributed by atoms with Crippen LogP contribution in [0.5, 0.6) is 0 Å². The van der Waals surface area contributed by atoms with Crippen LogP contribution in [0.1, 0.15) is 20.8 Å². The van der Waals surface area contributed by atoms with E-state index in [0.717, 1.165) is 8.78 Å². The summed E-state index contributed by atoms with van der Waals surface area (Å²) in [7, 11) is -2.35. The predicted molar refractivity (Wildman–Crippen MR) is 89.6 cm³/mol. The zero-order valence-electron chi connectivity index (χ0n) is 12.3. The Morgan fingerprint density at radius 3 is 2.33 bits per heavy atom. The summed E-state index contributed by atoms with van der Waals surface area (Å²) in [5.41, 5.74) is -0.403. The van der Waals surface area contributed by atoms with E-state index in [1.165, 1.54) is 13.1 Å². The Bertz CT molecular complexity index is 639. The molecule has 0 aliphatic heterocycles. The number of rotatable bonds is 4. The summed E-state index contributed by atoms with van der Waals surface area (Å²) in [5, 5.41) is 2.73. The summed E-state index contributed by atoms with van der Waals surface area (Å²) >= 11 is 6.50. The maximum absolute atomic E-state index is 12.5. The maximum atomic E-state index is 12.5. The molecule has 0 atom stereocenters. The lowest BCUT2D eigenvalue weighted by atomic mass is 10.1. The standard InChI is InChI=1S/C13H18Br2N2O3S/c1-13(2,3)16-12(18)8-17(4)21(19,20)11-6-5-9(14)7-10(11)15/h5-7H,8H2,1-4H3,(H,16,18). The van der Waals surface area contributed by atoms with Gasteiger partial charge in [0.2, 0.25) is 15.9 Å². The molecule has 0 aromatic heterocycles. The van der Waals surface area contributed by atoms with Gasteiger partial charge >= 0.3 is 0 Å². The van der Waals surface area contributed by atoms with Gasteiger partial charge in [0.15, 0.2) is 0 Å². The normalized spacial score (nSPS) is 12.5. The molecule has 0 saturated heterocycles. The summed E-state index contributed by atoms with van der Waals surface area (Å²) in [6.45, 7) is 5.28. The number of likely N-dealkylation sites (N-methyl/N-ethyl adjacent to an activating group) is 1. The third-order valence-electron chi connectivity index (χ3n) is 2.46. The van der Waals surface area contributed by atoms with Gasteiger partial charge in [0.25, 0.3) is 0 Å². The third-order valence-corrected chi connectivity index (χ3v) is 5.74. The molecule has 8 heteroatoms. The third kappa shape index (κ3) is 5.36. The second-order valence-corrected chi connectivity index (χ2v) is 9.42. The molecule has 0 aliphatic carbocycles. The molecule has 5 nitrogen and oxygen atoms in total. The molecule has 1 amide bonds. The van der Waals surface area contributed by atoms with E-state index in [0.29, 0.717) is 4.47 Å². The Kier molecular flexibility index (Phi) is 5.99. The monoisotopic (exact) mass is 440 g/mol. The molecule has 0 aliphatic rings. The summed E-state index contributed by atoms with van der Waals surface area (Å²) in [6, 6.07) is 4.78. The number of carbonyl (C=O) groups is 1. The van der Waals surface area contributed by atoms with E-state index in [9.17, 15) is 13.2 Å². The van der Waals surface area contributed by atoms with Gasteiger partial charge < -0.3 is 5.32 Å². The van der Waals surface area contributed by atoms with Crippen molar-refractivity contribution in [2.75, 3.05) is 13.6 Å². The van der Waals surface area contributed by atoms with Crippen LogP contribution in [0, 0.1) is 0 Å². The minimum absolute atomic E-state index is 0.122. The van der Waals surface area contributed by atoms with Crippen molar-refractivity contribution < 1.29 is 13.2 Å². The van der Waals surface area contributed by atoms with Crippen LogP contribution in [0.4, 0.5) is 0 Å². The molecule has 1 aromatic rings. The second-order valence-electron chi connectivity index (χ2n) is 5.63. The molecule has 0 heterocycles. The molecule has 1 aromatic carbocycles. The molecule has 118 valence electrons. The number of benzene rings is 1. The Labute approximate surface area is 142 Å². The topological polar surface area (TPSA) is 66.5 Å². The van der Waals surface area contributed by atoms with Gasteiger partial charge in [-0.2, -0.15) is 4.31 Å². The Balaban J connectivity index is 2.95. The number of hydrogen-bond donors (Lipinski definition) is 1. The fourth-order valence-corrected chi connectivity index (χ4v) is 4.43. The van der Waals surface area contributed by atoms with Crippen molar-refractivity contribution in [2.24, 2.45) is 0 Å². The van der Waals surface area contributed by atoms with Gasteiger partial charge in [-0.1, -0.05) is 15.9 Å². The van der Waals surface area contributed by atoms with E-state index in [1.807, 2.05) is 20.8 Å². The van der Waals surface area contributed by atoms with Crippen molar-refractivity contribution in [2.45, 2.75) is 31.2 Å². The molecular formula is C13H18Br2N2O3S. The number of sulfonamides is 1. The minimum Gasteiger partial charge on any atom is -0.350 e. The van der Waals surface area contributed by atoms with Crippen molar-refractivity contribution in [3.63, 3.8) is 0 Å². The maximum Gasteiger partial charge on any atom is 0.244 e. The van der Waals surface area contributed by atoms with Crippen LogP contribution in [0.25, 0.3) is 0 Å². The smallest absolute Gasteiger partial charge is 0.244 e. The second kappa shape index (κ2) is 6.76. The summed E-state index contributed by atoms with van der Waals surface area (Å²) in [4.78, 5) is 12.0. The number of halogens is 2. The van der Waals surface area contributed by atoms with Gasteiger partial charge in [0.1, 0.15) is 0 Å². The minimum atomic E-state index is -3.73. The first-order chi connectivity index (χ1) is 9.43. The summed E-state index contributed by atoms with van der Waals surface area (Å²) in [6.07, 6.45) is 0. The fourth-order valence-electron chi connectivity index (χ4n) is 1.60. The van der Waals surface area contributed by atoms with E-state index < -0.39 is 15.6 Å². The average molecular weight is 442 g/mol. The number of carbonyl (C=O) groups excluding carboxylic acids is 1. The fraction of sp³-hybridized carbons (Fsp3) is 0.462. The molecule has 1 N–H and O–H groups in total. The van der Waals surface area contributed by atoms with E-state index in [1.54, 1.807) is 12.1 Å². The summed E-state index contributed by atoms with van der Waals surface area (Å²) in [5.74, 6) is -0.346. The van der Waals surface area contributed by atoms with Gasteiger partial charge in [-0.3, -0.25) is 4.79 Å². The quantitative estimate of drug-likeness (QED) is 0.780. The molecular weight excluding hydrogens is 424 g/mol. The number of amides is 1. The average Bonchev–Trinajstić information content (AvgIpc) is 2.25. The van der Waals surface area contributed by atoms with Crippen LogP contribution in [0.2, 0.25) is 0 Å². The van der Waals surface area contributed by atoms with Gasteiger partial charge in [0.05, 0.1) is 11.4 Å². The molecule has 0 radical (unpaired) electrons. The van der Waals surface area contributed by atoms with Gasteiger partial charge in [-0.15, -0.1) is 0 Å². The van der Waals surface area contributed by atoms with Gasteiger partial charge in [-0.25, -0.2) is 8.42 Å². The zero-order chi connectivity index (χ0) is 16.4. The van der Waals surface area contributed by atoms with Crippen LogP contribution < -0.4 is 5.32 Å². The highest BCUT2D eigenvalue weighted by Gasteiger charge is 2.26. The van der Waals surface area contributed by atoms with Gasteiger partial charge in [0, 0.05) is 21.5 Å². The number of nitrogens with one attached hydrogen (secondary N) is 1. The van der Waals surface area contributed by atoms with Crippen molar-refractivity contribution >= 4 is 47.8 Å². The summed E-state index contributed by atoms with van der Waals surface area (Å²) < 4.78 is 27.2. The molecule has 21 heavy (non-hydrogen) atoms. The van der Waals surface area contributed by atoms with Crippen molar-refractivity contribution in [3.05, 3.63) is 27.1 Å². The van der Waals surface area contributed by atoms with Crippen LogP contribution in [0.3, 0.4) is 0 Å². The number of hydrogen-bond acceptors (Lipinski definition) is 3. The highest BCUT2D eigenvalue weighted by atomic mass is 79.9. The SMILES string of the molecule is CN(CC(=O)NC(C)(C)C)S(=O)(=O)c1ccc(Br)cc1Br. The lowest BCUT2D eigenvalue weighted by Gasteiger charge is -2.23. The van der Waals surface area contributed by atoms with E-state index in [4.69, 9.17) is 0 Å². The zero-order valence-corrected chi connectivity index (χ0v) is 16.3. The first-order valence-corrected chi connectivity index (χ1v) is 9.18. The lowest BCUT2D eigenvalue weighted by Crippen LogP contribution is -2.46. The van der Waals surface area contributed by atoms with Gasteiger partial charge in [-0.05, 0) is 54.9 Å². The van der Waals surface area contributed by atoms with Crippen molar-refractivity contribution in [1.82, 2.24) is 9.62 Å². The highest BCUT2D eigenvalue weighted by molar-refractivity contribution is 9.11. The van der Waals surface area contributed by atoms with E-state index in [2.05, 4.69) is 37.2 Å².